The molecule has 1 aromatic rings. The van der Waals surface area contributed by atoms with E-state index in [2.05, 4.69) is 27.1 Å². The predicted octanol–water partition coefficient (Wildman–Crippen LogP) is 2.37. The molecule has 0 saturated carbocycles. The van der Waals surface area contributed by atoms with Gasteiger partial charge in [-0.2, -0.15) is 0 Å². The Balaban J connectivity index is 1.37. The minimum Gasteiger partial charge on any atom is -0.382 e. The number of anilines is 3. The van der Waals surface area contributed by atoms with Crippen molar-refractivity contribution in [3.05, 3.63) is 6.33 Å². The van der Waals surface area contributed by atoms with E-state index in [0.29, 0.717) is 33.7 Å². The lowest BCUT2D eigenvalue weighted by molar-refractivity contribution is 0.101. The van der Waals surface area contributed by atoms with Gasteiger partial charge in [0.05, 0.1) is 25.2 Å². The number of nitrogens with one attached hydrogen (secondary N) is 1. The van der Waals surface area contributed by atoms with Gasteiger partial charge >= 0.3 is 0 Å². The molecule has 3 N–H and O–H groups in total. The van der Waals surface area contributed by atoms with Gasteiger partial charge in [-0.05, 0) is 13.3 Å². The number of nitrogens with two attached hydrogens (primary N) is 1. The maximum atomic E-state index is 5.88. The summed E-state index contributed by atoms with van der Waals surface area (Å²) in [5.41, 5.74) is 6.66. The van der Waals surface area contributed by atoms with Crippen molar-refractivity contribution in [2.24, 2.45) is 0 Å². The summed E-state index contributed by atoms with van der Waals surface area (Å²) in [4.78, 5) is 10.4. The number of nitrogens with zero attached hydrogens (tertiary/aromatic N) is 3. The van der Waals surface area contributed by atoms with Gasteiger partial charge in [0, 0.05) is 26.9 Å². The molecule has 2 aliphatic rings. The van der Waals surface area contributed by atoms with Crippen LogP contribution in [0.1, 0.15) is 13.3 Å². The first kappa shape index (κ1) is 17.4. The number of rotatable bonds is 7. The van der Waals surface area contributed by atoms with E-state index in [1.807, 2.05) is 21.6 Å². The van der Waals surface area contributed by atoms with Crippen LogP contribution in [0, 0.1) is 0 Å². The molecule has 3 heterocycles. The van der Waals surface area contributed by atoms with Crippen molar-refractivity contribution in [1.82, 2.24) is 9.97 Å². The fourth-order valence-corrected chi connectivity index (χ4v) is 5.75. The van der Waals surface area contributed by atoms with E-state index >= 15 is 0 Å². The third-order valence-electron chi connectivity index (χ3n) is 3.62. The van der Waals surface area contributed by atoms with Crippen LogP contribution in [0.4, 0.5) is 17.3 Å². The second-order valence-corrected chi connectivity index (χ2v) is 8.86. The van der Waals surface area contributed by atoms with E-state index in [0.717, 1.165) is 30.2 Å². The van der Waals surface area contributed by atoms with Crippen molar-refractivity contribution >= 4 is 47.7 Å². The van der Waals surface area contributed by atoms with Crippen molar-refractivity contribution in [3.8, 4) is 0 Å². The summed E-state index contributed by atoms with van der Waals surface area (Å²) in [6, 6.07) is 0. The normalized spacial score (nSPS) is 22.3. The van der Waals surface area contributed by atoms with Gasteiger partial charge in [0.1, 0.15) is 12.0 Å². The fraction of sp³-hybridized carbons (Fsp3) is 0.692. The highest BCUT2D eigenvalue weighted by Gasteiger charge is 2.24. The molecule has 0 aliphatic carbocycles. The van der Waals surface area contributed by atoms with Crippen molar-refractivity contribution in [3.63, 3.8) is 0 Å². The molecule has 0 aromatic carbocycles. The number of nitrogen functional groups attached to an aromatic ring is 1. The lowest BCUT2D eigenvalue weighted by Crippen LogP contribution is -2.32. The van der Waals surface area contributed by atoms with E-state index in [-0.39, 0.29) is 6.10 Å². The molecule has 23 heavy (non-hydrogen) atoms. The summed E-state index contributed by atoms with van der Waals surface area (Å²) in [6.07, 6.45) is 3.79. The van der Waals surface area contributed by atoms with Gasteiger partial charge in [0.2, 0.25) is 0 Å². The van der Waals surface area contributed by atoms with E-state index in [1.54, 1.807) is 0 Å². The zero-order valence-corrected chi connectivity index (χ0v) is 15.7. The SMILES string of the molecule is CC(CN1CNc2c(N)ncnc21)OCPO[C@@H]1CCSSC1. The molecule has 3 atom stereocenters. The number of hydrogen-bond donors (Lipinski definition) is 2. The topological polar surface area (TPSA) is 85.5 Å². The minimum atomic E-state index is 0.103. The standard InChI is InChI=1S/C13H22N5O2PS2/c1-9(19-8-21-20-10-2-3-22-23-5-10)4-18-7-17-11-12(14)15-6-16-13(11)18/h6,9-10,17,21H,2-5,7-8H2,1H3,(H2,14,15,16)/t9?,10-/m1/s1. The zero-order valence-electron chi connectivity index (χ0n) is 13.0. The van der Waals surface area contributed by atoms with E-state index in [4.69, 9.17) is 15.0 Å². The van der Waals surface area contributed by atoms with Crippen LogP contribution in [-0.4, -0.2) is 53.2 Å². The second-order valence-electron chi connectivity index (χ2n) is 5.42. The molecule has 1 saturated heterocycles. The summed E-state index contributed by atoms with van der Waals surface area (Å²) >= 11 is 0. The van der Waals surface area contributed by atoms with Crippen LogP contribution < -0.4 is 16.0 Å². The number of hydrogen-bond acceptors (Lipinski definition) is 9. The van der Waals surface area contributed by atoms with Crippen molar-refractivity contribution < 1.29 is 9.26 Å². The molecule has 10 heteroatoms. The minimum absolute atomic E-state index is 0.103. The Bertz CT molecular complexity index is 521. The highest BCUT2D eigenvalue weighted by Crippen LogP contribution is 2.34. The molecular formula is C13H22N5O2PS2. The van der Waals surface area contributed by atoms with Gasteiger partial charge in [0.15, 0.2) is 11.6 Å². The van der Waals surface area contributed by atoms with Crippen molar-refractivity contribution in [2.45, 2.75) is 25.6 Å². The van der Waals surface area contributed by atoms with Crippen LogP contribution in [0.5, 0.6) is 0 Å². The maximum Gasteiger partial charge on any atom is 0.159 e. The summed E-state index contributed by atoms with van der Waals surface area (Å²) in [6.45, 7) is 3.51. The largest absolute Gasteiger partial charge is 0.382 e. The summed E-state index contributed by atoms with van der Waals surface area (Å²) in [7, 11) is 4.24. The monoisotopic (exact) mass is 375 g/mol. The molecule has 1 aromatic heterocycles. The Kier molecular flexibility index (Phi) is 6.47. The summed E-state index contributed by atoms with van der Waals surface area (Å²) in [5, 5.41) is 3.23. The molecule has 0 bridgehead atoms. The Labute approximate surface area is 146 Å². The zero-order chi connectivity index (χ0) is 16.1. The van der Waals surface area contributed by atoms with Crippen LogP contribution in [0.3, 0.4) is 0 Å². The third-order valence-corrected chi connectivity index (χ3v) is 6.89. The Morgan fingerprint density at radius 1 is 1.52 bits per heavy atom. The highest BCUT2D eigenvalue weighted by molar-refractivity contribution is 8.76. The van der Waals surface area contributed by atoms with Crippen molar-refractivity contribution in [1.29, 1.82) is 0 Å². The number of fused-ring (bicyclic) bond motifs is 1. The van der Waals surface area contributed by atoms with Gasteiger partial charge in [-0.3, -0.25) is 0 Å². The van der Waals surface area contributed by atoms with Gasteiger partial charge in [-0.15, -0.1) is 0 Å². The lowest BCUT2D eigenvalue weighted by Gasteiger charge is -2.23. The van der Waals surface area contributed by atoms with Gasteiger partial charge in [-0.25, -0.2) is 9.97 Å². The molecule has 2 aliphatic heterocycles. The lowest BCUT2D eigenvalue weighted by atomic mass is 10.3. The predicted molar refractivity (Wildman–Crippen MR) is 100 cm³/mol. The fourth-order valence-electron chi connectivity index (χ4n) is 2.43. The van der Waals surface area contributed by atoms with Crippen LogP contribution in [0.25, 0.3) is 0 Å². The second kappa shape index (κ2) is 8.58. The number of aromatic nitrogens is 2. The van der Waals surface area contributed by atoms with Crippen LogP contribution >= 0.6 is 30.4 Å². The molecule has 7 nitrogen and oxygen atoms in total. The molecule has 0 spiro atoms. The van der Waals surface area contributed by atoms with Crippen LogP contribution in [0.2, 0.25) is 0 Å². The Morgan fingerprint density at radius 2 is 2.43 bits per heavy atom. The first-order chi connectivity index (χ1) is 11.2. The molecule has 1 fully saturated rings. The average molecular weight is 375 g/mol. The summed E-state index contributed by atoms with van der Waals surface area (Å²) < 4.78 is 11.8. The third kappa shape index (κ3) is 4.76. The van der Waals surface area contributed by atoms with E-state index < -0.39 is 0 Å². The van der Waals surface area contributed by atoms with Gasteiger partial charge in [-0.1, -0.05) is 21.6 Å². The molecular weight excluding hydrogens is 353 g/mol. The first-order valence-electron chi connectivity index (χ1n) is 7.58. The first-order valence-corrected chi connectivity index (χ1v) is 11.2. The molecule has 0 amide bonds. The van der Waals surface area contributed by atoms with Crippen molar-refractivity contribution in [2.75, 3.05) is 47.0 Å². The van der Waals surface area contributed by atoms with E-state index in [1.165, 1.54) is 12.1 Å². The molecule has 2 unspecified atom stereocenters. The summed E-state index contributed by atoms with van der Waals surface area (Å²) in [5.74, 6) is 3.61. The quantitative estimate of drug-likeness (QED) is 0.424. The van der Waals surface area contributed by atoms with Crippen LogP contribution in [-0.2, 0) is 9.26 Å². The van der Waals surface area contributed by atoms with Crippen LogP contribution in [0.15, 0.2) is 6.33 Å². The van der Waals surface area contributed by atoms with Gasteiger partial charge < -0.3 is 25.2 Å². The Morgan fingerprint density at radius 3 is 3.26 bits per heavy atom. The molecule has 3 rings (SSSR count). The van der Waals surface area contributed by atoms with Gasteiger partial charge in [0.25, 0.3) is 0 Å². The Hall–Kier alpha value is -0.470. The smallest absolute Gasteiger partial charge is 0.159 e. The number of ether oxygens (including phenoxy) is 1. The maximum absolute atomic E-state index is 5.88. The van der Waals surface area contributed by atoms with E-state index in [9.17, 15) is 0 Å². The molecule has 0 radical (unpaired) electrons. The average Bonchev–Trinajstić information content (AvgIpc) is 2.97. The molecule has 128 valence electrons. The highest BCUT2D eigenvalue weighted by atomic mass is 33.1.